The molecule has 2 rings (SSSR count). The van der Waals surface area contributed by atoms with Crippen molar-refractivity contribution in [3.8, 4) is 5.75 Å². The van der Waals surface area contributed by atoms with E-state index in [9.17, 15) is 26.4 Å². The number of Topliss-reactive ketones (excluding diaryl/α,β-unsaturated/α-hetero) is 1. The van der Waals surface area contributed by atoms with E-state index in [2.05, 4.69) is 9.46 Å². The van der Waals surface area contributed by atoms with E-state index in [0.717, 1.165) is 12.1 Å². The van der Waals surface area contributed by atoms with E-state index in [4.69, 9.17) is 0 Å². The lowest BCUT2D eigenvalue weighted by atomic mass is 10.2. The van der Waals surface area contributed by atoms with Crippen molar-refractivity contribution in [3.05, 3.63) is 54.1 Å². The van der Waals surface area contributed by atoms with Gasteiger partial charge in [0.15, 0.2) is 5.78 Å². The Morgan fingerprint density at radius 1 is 1.08 bits per heavy atom. The molecular formula is C15H12F3NO4S. The van der Waals surface area contributed by atoms with Crippen molar-refractivity contribution < 1.29 is 31.1 Å². The lowest BCUT2D eigenvalue weighted by molar-refractivity contribution is -0.274. The number of ketones is 1. The van der Waals surface area contributed by atoms with E-state index in [0.29, 0.717) is 5.56 Å². The summed E-state index contributed by atoms with van der Waals surface area (Å²) in [4.78, 5) is 11.0. The summed E-state index contributed by atoms with van der Waals surface area (Å²) in [5.41, 5.74) is 0.252. The zero-order valence-electron chi connectivity index (χ0n) is 12.3. The molecule has 0 radical (unpaired) electrons. The highest BCUT2D eigenvalue weighted by atomic mass is 32.2. The summed E-state index contributed by atoms with van der Waals surface area (Å²) in [5, 5.41) is 0. The van der Waals surface area contributed by atoms with Crippen molar-refractivity contribution >= 4 is 21.5 Å². The highest BCUT2D eigenvalue weighted by Gasteiger charge is 2.31. The first-order valence-corrected chi connectivity index (χ1v) is 8.05. The number of halogens is 3. The van der Waals surface area contributed by atoms with E-state index < -0.39 is 22.1 Å². The molecule has 0 atom stereocenters. The Morgan fingerprint density at radius 2 is 1.71 bits per heavy atom. The molecule has 2 aromatic rings. The predicted molar refractivity (Wildman–Crippen MR) is 80.4 cm³/mol. The molecule has 9 heteroatoms. The lowest BCUT2D eigenvalue weighted by Crippen LogP contribution is -2.17. The molecule has 0 unspecified atom stereocenters. The van der Waals surface area contributed by atoms with Crippen molar-refractivity contribution in [2.45, 2.75) is 18.2 Å². The van der Waals surface area contributed by atoms with Crippen LogP contribution in [0.1, 0.15) is 17.3 Å². The molecule has 0 saturated heterocycles. The Bertz CT molecular complexity index is 846. The maximum absolute atomic E-state index is 12.2. The first-order valence-electron chi connectivity index (χ1n) is 6.56. The minimum atomic E-state index is -4.87. The Kier molecular flexibility index (Phi) is 4.83. The molecule has 0 fully saturated rings. The van der Waals surface area contributed by atoms with E-state index in [1.807, 2.05) is 0 Å². The number of alkyl halides is 3. The van der Waals surface area contributed by atoms with Crippen molar-refractivity contribution in [2.24, 2.45) is 0 Å². The van der Waals surface area contributed by atoms with E-state index in [-0.39, 0.29) is 16.4 Å². The van der Waals surface area contributed by atoms with Crippen LogP contribution in [0.25, 0.3) is 0 Å². The number of nitrogens with one attached hydrogen (secondary N) is 1. The third-order valence-corrected chi connectivity index (χ3v) is 4.29. The van der Waals surface area contributed by atoms with Crippen LogP contribution in [-0.4, -0.2) is 20.6 Å². The maximum Gasteiger partial charge on any atom is 0.573 e. The number of carbonyl (C=O) groups excluding carboxylic acids is 1. The number of anilines is 1. The molecule has 2 aromatic carbocycles. The Hall–Kier alpha value is -2.55. The molecule has 1 N–H and O–H groups in total. The van der Waals surface area contributed by atoms with Crippen molar-refractivity contribution in [1.29, 1.82) is 0 Å². The zero-order chi connectivity index (χ0) is 18.0. The Morgan fingerprint density at radius 3 is 2.25 bits per heavy atom. The minimum Gasteiger partial charge on any atom is -0.406 e. The number of sulfonamides is 1. The van der Waals surface area contributed by atoms with Crippen LogP contribution in [0, 0.1) is 0 Å². The van der Waals surface area contributed by atoms with Crippen LogP contribution >= 0.6 is 0 Å². The summed E-state index contributed by atoms with van der Waals surface area (Å²) in [6.07, 6.45) is -4.87. The molecule has 0 aliphatic rings. The standard InChI is InChI=1S/C15H12F3NO4S/c1-10(20)11-5-7-14(8-6-11)24(21,22)19-12-3-2-4-13(9-12)23-15(16,17)18/h2-9,19H,1H3. The van der Waals surface area contributed by atoms with Gasteiger partial charge in [-0.3, -0.25) is 9.52 Å². The van der Waals surface area contributed by atoms with Gasteiger partial charge in [-0.2, -0.15) is 0 Å². The molecule has 0 spiro atoms. The molecule has 0 bridgehead atoms. The van der Waals surface area contributed by atoms with Crippen molar-refractivity contribution in [3.63, 3.8) is 0 Å². The number of benzene rings is 2. The van der Waals surface area contributed by atoms with Crippen LogP contribution in [0.3, 0.4) is 0 Å². The molecule has 0 saturated carbocycles. The van der Waals surface area contributed by atoms with Gasteiger partial charge < -0.3 is 4.74 Å². The first-order chi connectivity index (χ1) is 11.1. The van der Waals surface area contributed by atoms with Gasteiger partial charge in [-0.1, -0.05) is 18.2 Å². The van der Waals surface area contributed by atoms with Gasteiger partial charge in [-0.15, -0.1) is 13.2 Å². The Balaban J connectivity index is 2.23. The normalized spacial score (nSPS) is 11.8. The largest absolute Gasteiger partial charge is 0.573 e. The van der Waals surface area contributed by atoms with Crippen LogP contribution in [0.5, 0.6) is 5.75 Å². The SMILES string of the molecule is CC(=O)c1ccc(S(=O)(=O)Nc2cccc(OC(F)(F)F)c2)cc1. The van der Waals surface area contributed by atoms with Gasteiger partial charge in [0.1, 0.15) is 5.75 Å². The molecule has 0 heterocycles. The Labute approximate surface area is 136 Å². The number of hydrogen-bond donors (Lipinski definition) is 1. The fourth-order valence-electron chi connectivity index (χ4n) is 1.84. The molecule has 0 aliphatic heterocycles. The second-order valence-electron chi connectivity index (χ2n) is 4.76. The summed E-state index contributed by atoms with van der Waals surface area (Å²) >= 11 is 0. The van der Waals surface area contributed by atoms with Gasteiger partial charge in [0.2, 0.25) is 0 Å². The van der Waals surface area contributed by atoms with Gasteiger partial charge in [-0.25, -0.2) is 8.42 Å². The van der Waals surface area contributed by atoms with Gasteiger partial charge in [0, 0.05) is 11.6 Å². The highest BCUT2D eigenvalue weighted by molar-refractivity contribution is 7.92. The van der Waals surface area contributed by atoms with Gasteiger partial charge in [0.25, 0.3) is 10.0 Å². The van der Waals surface area contributed by atoms with Gasteiger partial charge in [-0.05, 0) is 31.2 Å². The fourth-order valence-corrected chi connectivity index (χ4v) is 2.89. The monoisotopic (exact) mass is 359 g/mol. The summed E-state index contributed by atoms with van der Waals surface area (Å²) in [7, 11) is -4.01. The number of rotatable bonds is 5. The maximum atomic E-state index is 12.2. The summed E-state index contributed by atoms with van der Waals surface area (Å²) in [6.45, 7) is 1.34. The third kappa shape index (κ3) is 4.72. The van der Waals surface area contributed by atoms with Crippen LogP contribution in [-0.2, 0) is 10.0 Å². The molecule has 24 heavy (non-hydrogen) atoms. The molecule has 0 aliphatic carbocycles. The average molecular weight is 359 g/mol. The molecule has 128 valence electrons. The predicted octanol–water partition coefficient (Wildman–Crippen LogP) is 3.59. The molecule has 5 nitrogen and oxygen atoms in total. The highest BCUT2D eigenvalue weighted by Crippen LogP contribution is 2.26. The van der Waals surface area contributed by atoms with E-state index in [1.54, 1.807) is 0 Å². The second-order valence-corrected chi connectivity index (χ2v) is 6.44. The van der Waals surface area contributed by atoms with E-state index >= 15 is 0 Å². The smallest absolute Gasteiger partial charge is 0.406 e. The average Bonchev–Trinajstić information content (AvgIpc) is 2.45. The van der Waals surface area contributed by atoms with Crippen molar-refractivity contribution in [2.75, 3.05) is 4.72 Å². The third-order valence-electron chi connectivity index (χ3n) is 2.89. The summed E-state index contributed by atoms with van der Waals surface area (Å²) < 4.78 is 66.9. The van der Waals surface area contributed by atoms with Crippen LogP contribution in [0.15, 0.2) is 53.4 Å². The molecular weight excluding hydrogens is 347 g/mol. The first kappa shape index (κ1) is 17.8. The van der Waals surface area contributed by atoms with Gasteiger partial charge in [0.05, 0.1) is 10.6 Å². The van der Waals surface area contributed by atoms with Crippen LogP contribution < -0.4 is 9.46 Å². The van der Waals surface area contributed by atoms with E-state index in [1.165, 1.54) is 43.3 Å². The summed E-state index contributed by atoms with van der Waals surface area (Å²) in [5.74, 6) is -0.765. The van der Waals surface area contributed by atoms with Crippen LogP contribution in [0.4, 0.5) is 18.9 Å². The van der Waals surface area contributed by atoms with Gasteiger partial charge >= 0.3 is 6.36 Å². The summed E-state index contributed by atoms with van der Waals surface area (Å²) in [6, 6.07) is 9.62. The number of carbonyl (C=O) groups is 1. The number of ether oxygens (including phenoxy) is 1. The van der Waals surface area contributed by atoms with Crippen LogP contribution in [0.2, 0.25) is 0 Å². The number of hydrogen-bond acceptors (Lipinski definition) is 4. The quantitative estimate of drug-likeness (QED) is 0.828. The molecule has 0 aromatic heterocycles. The molecule has 0 amide bonds. The minimum absolute atomic E-state index is 0.0904. The lowest BCUT2D eigenvalue weighted by Gasteiger charge is -2.12. The van der Waals surface area contributed by atoms with Crippen molar-refractivity contribution in [1.82, 2.24) is 0 Å². The fraction of sp³-hybridized carbons (Fsp3) is 0.133. The second kappa shape index (κ2) is 6.52. The zero-order valence-corrected chi connectivity index (χ0v) is 13.1. The topological polar surface area (TPSA) is 72.5 Å².